The number of thiazole rings is 1. The number of methoxy groups -OCH3 is 1. The first-order valence-electron chi connectivity index (χ1n) is 10.5. The van der Waals surface area contributed by atoms with E-state index in [0.717, 1.165) is 40.7 Å². The second-order valence-electron chi connectivity index (χ2n) is 7.64. The van der Waals surface area contributed by atoms with E-state index in [1.54, 1.807) is 7.11 Å². The van der Waals surface area contributed by atoms with Crippen molar-refractivity contribution in [2.75, 3.05) is 26.7 Å². The van der Waals surface area contributed by atoms with Crippen LogP contribution in [0.1, 0.15) is 30.1 Å². The predicted octanol–water partition coefficient (Wildman–Crippen LogP) is 4.97. The van der Waals surface area contributed by atoms with E-state index in [4.69, 9.17) is 16.3 Å². The second kappa shape index (κ2) is 10.3. The average molecular weight is 456 g/mol. The molecule has 1 atom stereocenters. The molecule has 0 saturated carbocycles. The Labute approximate surface area is 192 Å². The molecule has 3 aromatic rings. The minimum Gasteiger partial charge on any atom is -0.497 e. The summed E-state index contributed by atoms with van der Waals surface area (Å²) in [7, 11) is 1.68. The summed E-state index contributed by atoms with van der Waals surface area (Å²) in [5.41, 5.74) is 2.82. The molecule has 2 aromatic carbocycles. The van der Waals surface area contributed by atoms with Crippen LogP contribution in [-0.4, -0.2) is 42.5 Å². The van der Waals surface area contributed by atoms with E-state index < -0.39 is 0 Å². The number of hydrogen-bond donors (Lipinski definition) is 1. The Kier molecular flexibility index (Phi) is 7.22. The lowest BCUT2D eigenvalue weighted by Gasteiger charge is -2.28. The molecule has 1 N–H and O–H groups in total. The molecule has 1 aliphatic rings. The number of aromatic nitrogens is 1. The number of ether oxygens (including phenoxy) is 1. The van der Waals surface area contributed by atoms with Gasteiger partial charge in [0, 0.05) is 17.5 Å². The number of nitrogens with one attached hydrogen (secondary N) is 1. The SMILES string of the molecule is COc1cccc([C@H](CNC(=O)Cc2csc(-c3ccccc3Cl)n2)N2CCCC2)c1. The first-order valence-corrected chi connectivity index (χ1v) is 11.7. The number of hydrogen-bond acceptors (Lipinski definition) is 5. The van der Waals surface area contributed by atoms with E-state index in [2.05, 4.69) is 27.3 Å². The number of nitrogens with zero attached hydrogens (tertiary/aromatic N) is 2. The number of likely N-dealkylation sites (tertiary alicyclic amines) is 1. The third kappa shape index (κ3) is 5.45. The van der Waals surface area contributed by atoms with Crippen molar-refractivity contribution < 1.29 is 9.53 Å². The van der Waals surface area contributed by atoms with Crippen LogP contribution >= 0.6 is 22.9 Å². The molecule has 0 spiro atoms. The number of rotatable bonds is 8. The Morgan fingerprint density at radius 2 is 2.03 bits per heavy atom. The summed E-state index contributed by atoms with van der Waals surface area (Å²) < 4.78 is 5.40. The minimum atomic E-state index is -0.0249. The van der Waals surface area contributed by atoms with E-state index in [9.17, 15) is 4.79 Å². The van der Waals surface area contributed by atoms with Crippen molar-refractivity contribution >= 4 is 28.8 Å². The summed E-state index contributed by atoms with van der Waals surface area (Å²) in [5, 5.41) is 6.55. The zero-order valence-corrected chi connectivity index (χ0v) is 19.1. The molecular formula is C24H26ClN3O2S. The Balaban J connectivity index is 1.41. The van der Waals surface area contributed by atoms with Gasteiger partial charge in [0.2, 0.25) is 5.91 Å². The normalized spacial score (nSPS) is 15.0. The van der Waals surface area contributed by atoms with Gasteiger partial charge in [-0.2, -0.15) is 0 Å². The van der Waals surface area contributed by atoms with Crippen molar-refractivity contribution in [1.82, 2.24) is 15.2 Å². The average Bonchev–Trinajstić information content (AvgIpc) is 3.47. The number of benzene rings is 2. The zero-order chi connectivity index (χ0) is 21.6. The first-order chi connectivity index (χ1) is 15.1. The highest BCUT2D eigenvalue weighted by Gasteiger charge is 2.24. The molecular weight excluding hydrogens is 430 g/mol. The van der Waals surface area contributed by atoms with E-state index in [-0.39, 0.29) is 18.4 Å². The highest BCUT2D eigenvalue weighted by Crippen LogP contribution is 2.30. The second-order valence-corrected chi connectivity index (χ2v) is 8.91. The van der Waals surface area contributed by atoms with Gasteiger partial charge in [0.15, 0.2) is 0 Å². The molecule has 1 aliphatic heterocycles. The maximum Gasteiger partial charge on any atom is 0.226 e. The van der Waals surface area contributed by atoms with Crippen LogP contribution in [0.2, 0.25) is 5.02 Å². The Morgan fingerprint density at radius 1 is 1.23 bits per heavy atom. The van der Waals surface area contributed by atoms with Crippen LogP contribution in [0, 0.1) is 0 Å². The molecule has 1 aromatic heterocycles. The number of amides is 1. The monoisotopic (exact) mass is 455 g/mol. The fraction of sp³-hybridized carbons (Fsp3) is 0.333. The van der Waals surface area contributed by atoms with Gasteiger partial charge in [-0.05, 0) is 49.7 Å². The zero-order valence-electron chi connectivity index (χ0n) is 17.5. The van der Waals surface area contributed by atoms with Crippen LogP contribution in [0.25, 0.3) is 10.6 Å². The molecule has 162 valence electrons. The summed E-state index contributed by atoms with van der Waals surface area (Å²) in [6, 6.07) is 15.9. The fourth-order valence-electron chi connectivity index (χ4n) is 3.94. The van der Waals surface area contributed by atoms with Crippen molar-refractivity contribution in [3.05, 3.63) is 70.2 Å². The van der Waals surface area contributed by atoms with Crippen LogP contribution in [0.15, 0.2) is 53.9 Å². The lowest BCUT2D eigenvalue weighted by Crippen LogP contribution is -2.37. The Bertz CT molecular complexity index is 1030. The lowest BCUT2D eigenvalue weighted by atomic mass is 10.0. The molecule has 1 amide bonds. The smallest absolute Gasteiger partial charge is 0.226 e. The molecule has 5 nitrogen and oxygen atoms in total. The highest BCUT2D eigenvalue weighted by atomic mass is 35.5. The molecule has 1 saturated heterocycles. The number of carbonyl (C=O) groups excluding carboxylic acids is 1. The molecule has 0 aliphatic carbocycles. The van der Waals surface area contributed by atoms with Crippen LogP contribution < -0.4 is 10.1 Å². The topological polar surface area (TPSA) is 54.5 Å². The van der Waals surface area contributed by atoms with Crippen molar-refractivity contribution in [1.29, 1.82) is 0 Å². The largest absolute Gasteiger partial charge is 0.497 e. The lowest BCUT2D eigenvalue weighted by molar-refractivity contribution is -0.120. The quantitative estimate of drug-likeness (QED) is 0.521. The molecule has 7 heteroatoms. The third-order valence-corrected chi connectivity index (χ3v) is 6.80. The Hall–Kier alpha value is -2.41. The Morgan fingerprint density at radius 3 is 2.81 bits per heavy atom. The molecule has 4 rings (SSSR count). The van der Waals surface area contributed by atoms with Crippen molar-refractivity contribution in [2.24, 2.45) is 0 Å². The van der Waals surface area contributed by atoms with E-state index in [0.29, 0.717) is 11.6 Å². The number of carbonyl (C=O) groups is 1. The standard InChI is InChI=1S/C24H26ClN3O2S/c1-30-19-8-6-7-17(13-19)22(28-11-4-5-12-28)15-26-23(29)14-18-16-31-24(27-18)20-9-2-3-10-21(20)25/h2-3,6-10,13,16,22H,4-5,11-12,14-15H2,1H3,(H,26,29)/t22-/m0/s1. The maximum absolute atomic E-state index is 12.7. The molecule has 1 fully saturated rings. The summed E-state index contributed by atoms with van der Waals surface area (Å²) in [6.45, 7) is 2.66. The van der Waals surface area contributed by atoms with Gasteiger partial charge in [0.25, 0.3) is 0 Å². The summed E-state index contributed by atoms with van der Waals surface area (Å²) in [5.74, 6) is 0.811. The predicted molar refractivity (Wildman–Crippen MR) is 126 cm³/mol. The summed E-state index contributed by atoms with van der Waals surface area (Å²) in [6.07, 6.45) is 2.64. The van der Waals surface area contributed by atoms with Crippen molar-refractivity contribution in [3.8, 4) is 16.3 Å². The fourth-order valence-corrected chi connectivity index (χ4v) is 5.08. The van der Waals surface area contributed by atoms with Gasteiger partial charge in [-0.3, -0.25) is 9.69 Å². The molecule has 0 radical (unpaired) electrons. The van der Waals surface area contributed by atoms with Gasteiger partial charge >= 0.3 is 0 Å². The van der Waals surface area contributed by atoms with Gasteiger partial charge in [-0.1, -0.05) is 41.9 Å². The van der Waals surface area contributed by atoms with Crippen molar-refractivity contribution in [3.63, 3.8) is 0 Å². The molecule has 0 bridgehead atoms. The highest BCUT2D eigenvalue weighted by molar-refractivity contribution is 7.13. The molecule has 2 heterocycles. The third-order valence-electron chi connectivity index (χ3n) is 5.55. The van der Waals surface area contributed by atoms with Gasteiger partial charge < -0.3 is 10.1 Å². The van der Waals surface area contributed by atoms with Gasteiger partial charge in [0.1, 0.15) is 10.8 Å². The van der Waals surface area contributed by atoms with Gasteiger partial charge in [-0.25, -0.2) is 4.98 Å². The van der Waals surface area contributed by atoms with E-state index >= 15 is 0 Å². The minimum absolute atomic E-state index is 0.0249. The molecule has 0 unspecified atom stereocenters. The van der Waals surface area contributed by atoms with Crippen LogP contribution in [0.3, 0.4) is 0 Å². The molecule has 31 heavy (non-hydrogen) atoms. The van der Waals surface area contributed by atoms with Gasteiger partial charge in [0.05, 0.1) is 30.3 Å². The van der Waals surface area contributed by atoms with E-state index in [1.807, 2.05) is 41.8 Å². The summed E-state index contributed by atoms with van der Waals surface area (Å²) in [4.78, 5) is 19.7. The van der Waals surface area contributed by atoms with Gasteiger partial charge in [-0.15, -0.1) is 11.3 Å². The van der Waals surface area contributed by atoms with Crippen LogP contribution in [0.5, 0.6) is 5.75 Å². The van der Waals surface area contributed by atoms with E-state index in [1.165, 1.54) is 24.2 Å². The first kappa shape index (κ1) is 21.8. The van der Waals surface area contributed by atoms with Crippen LogP contribution in [0.4, 0.5) is 0 Å². The van der Waals surface area contributed by atoms with Crippen molar-refractivity contribution in [2.45, 2.75) is 25.3 Å². The number of halogens is 1. The van der Waals surface area contributed by atoms with Crippen LogP contribution in [-0.2, 0) is 11.2 Å². The maximum atomic E-state index is 12.7. The summed E-state index contributed by atoms with van der Waals surface area (Å²) >= 11 is 7.78.